The van der Waals surface area contributed by atoms with Crippen molar-refractivity contribution in [2.45, 2.75) is 19.1 Å². The molecule has 0 radical (unpaired) electrons. The molecule has 0 spiro atoms. The first kappa shape index (κ1) is 16.1. The molecule has 0 fully saturated rings. The van der Waals surface area contributed by atoms with Crippen molar-refractivity contribution in [2.75, 3.05) is 5.73 Å². The van der Waals surface area contributed by atoms with Crippen LogP contribution in [-0.4, -0.2) is 9.55 Å². The third-order valence-electron chi connectivity index (χ3n) is 3.78. The summed E-state index contributed by atoms with van der Waals surface area (Å²) in [5, 5.41) is 0. The number of aromatic nitrogens is 2. The second-order valence-corrected chi connectivity index (χ2v) is 5.58. The van der Waals surface area contributed by atoms with Gasteiger partial charge < -0.3 is 10.3 Å². The van der Waals surface area contributed by atoms with Crippen LogP contribution in [0.3, 0.4) is 0 Å². The van der Waals surface area contributed by atoms with Crippen LogP contribution in [-0.2, 0) is 19.1 Å². The minimum atomic E-state index is -4.31. The molecule has 3 nitrogen and oxygen atoms in total. The molecule has 24 heavy (non-hydrogen) atoms. The van der Waals surface area contributed by atoms with Crippen molar-refractivity contribution in [3.8, 4) is 0 Å². The van der Waals surface area contributed by atoms with Crippen molar-refractivity contribution in [2.24, 2.45) is 0 Å². The quantitative estimate of drug-likeness (QED) is 0.731. The molecule has 0 unspecified atom stereocenters. The molecule has 0 aliphatic carbocycles. The van der Waals surface area contributed by atoms with Crippen LogP contribution in [0.25, 0.3) is 0 Å². The molecule has 0 bridgehead atoms. The van der Waals surface area contributed by atoms with Gasteiger partial charge in [-0.05, 0) is 35.4 Å². The fraction of sp³-hybridized carbons (Fsp3) is 0.167. The molecule has 0 saturated carbocycles. The Bertz CT molecular complexity index is 803. The Hall–Kier alpha value is -2.76. The Morgan fingerprint density at radius 3 is 2.17 bits per heavy atom. The van der Waals surface area contributed by atoms with Crippen LogP contribution in [0.5, 0.6) is 0 Å². The Balaban J connectivity index is 1.74. The van der Waals surface area contributed by atoms with Crippen molar-refractivity contribution in [1.29, 1.82) is 0 Å². The molecule has 6 heteroatoms. The summed E-state index contributed by atoms with van der Waals surface area (Å²) < 4.78 is 39.8. The van der Waals surface area contributed by atoms with Gasteiger partial charge in [-0.2, -0.15) is 13.2 Å². The molecule has 0 saturated heterocycles. The van der Waals surface area contributed by atoms with Gasteiger partial charge in [0.2, 0.25) is 0 Å². The number of hydrogen-bond donors (Lipinski definition) is 1. The number of imidazole rings is 1. The largest absolute Gasteiger partial charge is 0.416 e. The maximum Gasteiger partial charge on any atom is 0.416 e. The SMILES string of the molecule is Nc1ccc(Cn2ccnc2Cc2ccc(C(F)(F)F)cc2)cc1. The number of nitrogen functional groups attached to an aromatic ring is 1. The molecule has 0 amide bonds. The van der Waals surface area contributed by atoms with Gasteiger partial charge in [-0.1, -0.05) is 24.3 Å². The van der Waals surface area contributed by atoms with Crippen LogP contribution in [0.2, 0.25) is 0 Å². The number of anilines is 1. The average molecular weight is 331 g/mol. The predicted molar refractivity (Wildman–Crippen MR) is 86.4 cm³/mol. The summed E-state index contributed by atoms with van der Waals surface area (Å²) in [4.78, 5) is 4.31. The van der Waals surface area contributed by atoms with E-state index in [1.165, 1.54) is 12.1 Å². The summed E-state index contributed by atoms with van der Waals surface area (Å²) in [6.07, 6.45) is -0.293. The van der Waals surface area contributed by atoms with Crippen LogP contribution in [0.4, 0.5) is 18.9 Å². The molecule has 0 atom stereocenters. The molecule has 3 aromatic rings. The summed E-state index contributed by atoms with van der Waals surface area (Å²) in [7, 11) is 0. The number of benzene rings is 2. The first-order valence-corrected chi connectivity index (χ1v) is 7.42. The number of alkyl halides is 3. The van der Waals surface area contributed by atoms with Gasteiger partial charge in [0.05, 0.1) is 5.56 Å². The van der Waals surface area contributed by atoms with E-state index < -0.39 is 11.7 Å². The predicted octanol–water partition coefficient (Wildman–Crippen LogP) is 4.12. The van der Waals surface area contributed by atoms with E-state index in [-0.39, 0.29) is 0 Å². The highest BCUT2D eigenvalue weighted by atomic mass is 19.4. The Morgan fingerprint density at radius 1 is 0.917 bits per heavy atom. The molecule has 2 N–H and O–H groups in total. The van der Waals surface area contributed by atoms with Gasteiger partial charge in [-0.3, -0.25) is 0 Å². The monoisotopic (exact) mass is 331 g/mol. The van der Waals surface area contributed by atoms with E-state index in [4.69, 9.17) is 5.73 Å². The second-order valence-electron chi connectivity index (χ2n) is 5.58. The highest BCUT2D eigenvalue weighted by Crippen LogP contribution is 2.29. The summed E-state index contributed by atoms with van der Waals surface area (Å²) >= 11 is 0. The number of hydrogen-bond acceptors (Lipinski definition) is 2. The number of nitrogens with zero attached hydrogens (tertiary/aromatic N) is 2. The van der Waals surface area contributed by atoms with Crippen LogP contribution in [0.1, 0.15) is 22.5 Å². The average Bonchev–Trinajstić information content (AvgIpc) is 2.96. The zero-order valence-electron chi connectivity index (χ0n) is 12.8. The first-order chi connectivity index (χ1) is 11.4. The zero-order chi connectivity index (χ0) is 17.2. The summed E-state index contributed by atoms with van der Waals surface area (Å²) in [6, 6.07) is 12.7. The Labute approximate surface area is 137 Å². The summed E-state index contributed by atoms with van der Waals surface area (Å²) in [6.45, 7) is 0.635. The fourth-order valence-corrected chi connectivity index (χ4v) is 2.47. The lowest BCUT2D eigenvalue weighted by Gasteiger charge is -2.10. The van der Waals surface area contributed by atoms with Gasteiger partial charge >= 0.3 is 6.18 Å². The van der Waals surface area contributed by atoms with Crippen molar-refractivity contribution in [3.05, 3.63) is 83.4 Å². The second kappa shape index (κ2) is 6.39. The van der Waals surface area contributed by atoms with E-state index >= 15 is 0 Å². The number of halogens is 3. The molecule has 3 rings (SSSR count). The molecule has 1 aromatic heterocycles. The van der Waals surface area contributed by atoms with E-state index in [0.717, 1.165) is 29.1 Å². The molecule has 124 valence electrons. The minimum absolute atomic E-state index is 0.472. The lowest BCUT2D eigenvalue weighted by molar-refractivity contribution is -0.137. The topological polar surface area (TPSA) is 43.8 Å². The standard InChI is InChI=1S/C18H16F3N3/c19-18(20,21)15-5-1-13(2-6-15)11-17-23-9-10-24(17)12-14-3-7-16(22)8-4-14/h1-10H,11-12,22H2. The first-order valence-electron chi connectivity index (χ1n) is 7.42. The highest BCUT2D eigenvalue weighted by Gasteiger charge is 2.29. The van der Waals surface area contributed by atoms with Crippen LogP contribution in [0.15, 0.2) is 60.9 Å². The van der Waals surface area contributed by atoms with Gasteiger partial charge in [0, 0.05) is 31.0 Å². The molecule has 2 aromatic carbocycles. The number of nitrogens with two attached hydrogens (primary N) is 1. The van der Waals surface area contributed by atoms with Gasteiger partial charge in [0.1, 0.15) is 5.82 Å². The van der Waals surface area contributed by atoms with E-state index in [2.05, 4.69) is 4.98 Å². The van der Waals surface area contributed by atoms with Crippen molar-refractivity contribution in [3.63, 3.8) is 0 Å². The normalized spacial score (nSPS) is 11.6. The molecular weight excluding hydrogens is 315 g/mol. The molecular formula is C18H16F3N3. The van der Waals surface area contributed by atoms with Crippen LogP contribution >= 0.6 is 0 Å². The molecule has 0 aliphatic rings. The van der Waals surface area contributed by atoms with E-state index in [0.29, 0.717) is 18.7 Å². The lowest BCUT2D eigenvalue weighted by atomic mass is 10.1. The third kappa shape index (κ3) is 3.76. The summed E-state index contributed by atoms with van der Waals surface area (Å²) in [5.74, 6) is 0.798. The van der Waals surface area contributed by atoms with E-state index in [9.17, 15) is 13.2 Å². The van der Waals surface area contributed by atoms with Gasteiger partial charge in [0.25, 0.3) is 0 Å². The molecule has 1 heterocycles. The Kier molecular flexibility index (Phi) is 4.29. The Morgan fingerprint density at radius 2 is 1.54 bits per heavy atom. The lowest BCUT2D eigenvalue weighted by Crippen LogP contribution is -2.07. The maximum atomic E-state index is 12.6. The zero-order valence-corrected chi connectivity index (χ0v) is 12.8. The van der Waals surface area contributed by atoms with Crippen molar-refractivity contribution >= 4 is 5.69 Å². The molecule has 0 aliphatic heterocycles. The summed E-state index contributed by atoms with van der Waals surface area (Å²) in [5.41, 5.74) is 7.60. The highest BCUT2D eigenvalue weighted by molar-refractivity contribution is 5.39. The van der Waals surface area contributed by atoms with Crippen LogP contribution < -0.4 is 5.73 Å². The van der Waals surface area contributed by atoms with Crippen LogP contribution in [0, 0.1) is 0 Å². The van der Waals surface area contributed by atoms with Gasteiger partial charge in [-0.25, -0.2) is 4.98 Å². The maximum absolute atomic E-state index is 12.6. The minimum Gasteiger partial charge on any atom is -0.399 e. The fourth-order valence-electron chi connectivity index (χ4n) is 2.47. The van der Waals surface area contributed by atoms with Gasteiger partial charge in [-0.15, -0.1) is 0 Å². The van der Waals surface area contributed by atoms with E-state index in [1.807, 2.05) is 35.0 Å². The van der Waals surface area contributed by atoms with Gasteiger partial charge in [0.15, 0.2) is 0 Å². The van der Waals surface area contributed by atoms with E-state index in [1.54, 1.807) is 6.20 Å². The van der Waals surface area contributed by atoms with Crippen molar-refractivity contribution < 1.29 is 13.2 Å². The number of rotatable bonds is 4. The third-order valence-corrected chi connectivity index (χ3v) is 3.78. The smallest absolute Gasteiger partial charge is 0.399 e. The van der Waals surface area contributed by atoms with Crippen molar-refractivity contribution in [1.82, 2.24) is 9.55 Å².